The molecule has 0 atom stereocenters. The molecule has 0 aliphatic rings. The monoisotopic (exact) mass is 386 g/mol. The Morgan fingerprint density at radius 3 is 2.56 bits per heavy atom. The van der Waals surface area contributed by atoms with E-state index in [-0.39, 0.29) is 33.3 Å². The van der Waals surface area contributed by atoms with E-state index >= 15 is 0 Å². The summed E-state index contributed by atoms with van der Waals surface area (Å²) in [5.74, 6) is -1.34. The second kappa shape index (κ2) is 7.67. The molecule has 1 aromatic heterocycles. The Labute approximate surface area is 153 Å². The standard InChI is InChI=1S/C16H16Cl2N2O5/c1-7(2)9-5-8(3-4-10(9)21)25-14-12(17)15(19-6-11(22)23)20-16(24)13(14)18/h3-5,7,21H,6H2,1-2H3,(H,22,23)(H2,19,20,24). The number of pyridine rings is 1. The highest BCUT2D eigenvalue weighted by molar-refractivity contribution is 6.39. The summed E-state index contributed by atoms with van der Waals surface area (Å²) >= 11 is 12.2. The summed E-state index contributed by atoms with van der Waals surface area (Å²) in [4.78, 5) is 14.4. The van der Waals surface area contributed by atoms with Gasteiger partial charge >= 0.3 is 5.97 Å². The minimum atomic E-state index is -1.13. The van der Waals surface area contributed by atoms with E-state index in [9.17, 15) is 15.0 Å². The van der Waals surface area contributed by atoms with Crippen molar-refractivity contribution in [3.05, 3.63) is 33.8 Å². The molecule has 1 aromatic carbocycles. The molecule has 0 bridgehead atoms. The van der Waals surface area contributed by atoms with Crippen LogP contribution in [0, 0.1) is 0 Å². The number of carboxylic acid groups (broad SMARTS) is 1. The number of benzene rings is 1. The number of carboxylic acids is 1. The second-order valence-corrected chi connectivity index (χ2v) is 6.22. The van der Waals surface area contributed by atoms with Crippen LogP contribution < -0.4 is 10.1 Å². The number of phenols is 1. The van der Waals surface area contributed by atoms with Gasteiger partial charge in [-0.1, -0.05) is 37.0 Å². The number of halogens is 2. The highest BCUT2D eigenvalue weighted by Crippen LogP contribution is 2.44. The van der Waals surface area contributed by atoms with Gasteiger partial charge in [0.05, 0.1) is 0 Å². The largest absolute Gasteiger partial charge is 0.508 e. The molecular weight excluding hydrogens is 371 g/mol. The number of anilines is 1. The zero-order valence-corrected chi connectivity index (χ0v) is 14.9. The fourth-order valence-corrected chi connectivity index (χ4v) is 2.52. The lowest BCUT2D eigenvalue weighted by Crippen LogP contribution is -2.13. The van der Waals surface area contributed by atoms with Crippen LogP contribution in [0.25, 0.3) is 0 Å². The number of nitrogens with zero attached hydrogens (tertiary/aromatic N) is 1. The number of aliphatic carboxylic acids is 1. The van der Waals surface area contributed by atoms with Crippen LogP contribution in [0.15, 0.2) is 18.2 Å². The Balaban J connectivity index is 2.42. The van der Waals surface area contributed by atoms with Crippen molar-refractivity contribution in [2.75, 3.05) is 11.9 Å². The van der Waals surface area contributed by atoms with E-state index in [1.165, 1.54) is 12.1 Å². The van der Waals surface area contributed by atoms with Gasteiger partial charge in [-0.05, 0) is 24.1 Å². The van der Waals surface area contributed by atoms with Crippen LogP contribution in [0.4, 0.5) is 5.82 Å². The first kappa shape index (κ1) is 19.0. The highest BCUT2D eigenvalue weighted by Gasteiger charge is 2.20. The number of aromatic nitrogens is 1. The molecule has 7 nitrogen and oxygen atoms in total. The van der Waals surface area contributed by atoms with Gasteiger partial charge in [0.2, 0.25) is 5.88 Å². The minimum Gasteiger partial charge on any atom is -0.508 e. The van der Waals surface area contributed by atoms with Crippen LogP contribution >= 0.6 is 23.2 Å². The molecule has 0 radical (unpaired) electrons. The quantitative estimate of drug-likeness (QED) is 0.587. The van der Waals surface area contributed by atoms with Gasteiger partial charge in [-0.2, -0.15) is 4.98 Å². The zero-order valence-electron chi connectivity index (χ0n) is 13.4. The van der Waals surface area contributed by atoms with Crippen molar-refractivity contribution in [1.29, 1.82) is 0 Å². The minimum absolute atomic E-state index is 0.0492. The van der Waals surface area contributed by atoms with E-state index in [0.29, 0.717) is 11.3 Å². The van der Waals surface area contributed by atoms with Crippen molar-refractivity contribution in [3.63, 3.8) is 0 Å². The number of carbonyl (C=O) groups is 1. The van der Waals surface area contributed by atoms with Crippen LogP contribution in [0.5, 0.6) is 23.1 Å². The number of ether oxygens (including phenoxy) is 1. The molecule has 0 aliphatic heterocycles. The fraction of sp³-hybridized carbons (Fsp3) is 0.250. The summed E-state index contributed by atoms with van der Waals surface area (Å²) in [6.45, 7) is 3.36. The molecule has 4 N–H and O–H groups in total. The van der Waals surface area contributed by atoms with Crippen LogP contribution in [-0.2, 0) is 4.79 Å². The normalized spacial score (nSPS) is 10.8. The third kappa shape index (κ3) is 4.37. The summed E-state index contributed by atoms with van der Waals surface area (Å²) in [7, 11) is 0. The Morgan fingerprint density at radius 2 is 1.96 bits per heavy atom. The van der Waals surface area contributed by atoms with E-state index in [1.807, 2.05) is 13.8 Å². The Kier molecular flexibility index (Phi) is 5.81. The summed E-state index contributed by atoms with van der Waals surface area (Å²) in [5.41, 5.74) is 0.659. The molecule has 1 heterocycles. The Hall–Kier alpha value is -2.38. The number of rotatable bonds is 6. The lowest BCUT2D eigenvalue weighted by atomic mass is 10.0. The predicted octanol–water partition coefficient (Wildman–Crippen LogP) is 4.21. The molecule has 2 aromatic rings. The van der Waals surface area contributed by atoms with E-state index < -0.39 is 18.4 Å². The van der Waals surface area contributed by atoms with Gasteiger partial charge in [-0.15, -0.1) is 0 Å². The van der Waals surface area contributed by atoms with Crippen molar-refractivity contribution >= 4 is 35.0 Å². The van der Waals surface area contributed by atoms with E-state index in [2.05, 4.69) is 10.3 Å². The van der Waals surface area contributed by atoms with Crippen molar-refractivity contribution in [3.8, 4) is 23.1 Å². The third-order valence-electron chi connectivity index (χ3n) is 3.27. The van der Waals surface area contributed by atoms with E-state index in [4.69, 9.17) is 33.0 Å². The predicted molar refractivity (Wildman–Crippen MR) is 94.3 cm³/mol. The summed E-state index contributed by atoms with van der Waals surface area (Å²) in [6.07, 6.45) is 0. The van der Waals surface area contributed by atoms with Crippen LogP contribution in [-0.4, -0.2) is 32.8 Å². The highest BCUT2D eigenvalue weighted by atomic mass is 35.5. The average Bonchev–Trinajstić information content (AvgIpc) is 2.54. The van der Waals surface area contributed by atoms with Gasteiger partial charge in [0.25, 0.3) is 0 Å². The topological polar surface area (TPSA) is 112 Å². The summed E-state index contributed by atoms with van der Waals surface area (Å²) in [6, 6.07) is 4.60. The van der Waals surface area contributed by atoms with Crippen LogP contribution in [0.2, 0.25) is 10.0 Å². The maximum absolute atomic E-state index is 10.7. The first-order valence-corrected chi connectivity index (χ1v) is 8.00. The van der Waals surface area contributed by atoms with Crippen LogP contribution in [0.3, 0.4) is 0 Å². The first-order chi connectivity index (χ1) is 11.7. The molecule has 0 saturated heterocycles. The third-order valence-corrected chi connectivity index (χ3v) is 3.96. The molecule has 134 valence electrons. The number of aromatic hydroxyl groups is 2. The lowest BCUT2D eigenvalue weighted by molar-refractivity contribution is -0.134. The molecule has 0 saturated carbocycles. The lowest BCUT2D eigenvalue weighted by Gasteiger charge is -2.15. The van der Waals surface area contributed by atoms with Gasteiger partial charge in [-0.3, -0.25) is 4.79 Å². The van der Waals surface area contributed by atoms with Crippen molar-refractivity contribution in [2.45, 2.75) is 19.8 Å². The molecule has 0 fully saturated rings. The van der Waals surface area contributed by atoms with E-state index in [1.54, 1.807) is 6.07 Å². The first-order valence-electron chi connectivity index (χ1n) is 7.25. The molecule has 0 spiro atoms. The van der Waals surface area contributed by atoms with Gasteiger partial charge in [0, 0.05) is 5.56 Å². The molecule has 0 amide bonds. The summed E-state index contributed by atoms with van der Waals surface area (Å²) < 4.78 is 5.65. The molecule has 9 heteroatoms. The van der Waals surface area contributed by atoms with Gasteiger partial charge in [0.1, 0.15) is 28.1 Å². The van der Waals surface area contributed by atoms with Crippen LogP contribution in [0.1, 0.15) is 25.3 Å². The molecule has 25 heavy (non-hydrogen) atoms. The molecular formula is C16H16Cl2N2O5. The van der Waals surface area contributed by atoms with Crippen molar-refractivity contribution in [2.24, 2.45) is 0 Å². The number of hydrogen-bond acceptors (Lipinski definition) is 6. The maximum Gasteiger partial charge on any atom is 0.322 e. The number of nitrogens with one attached hydrogen (secondary N) is 1. The van der Waals surface area contributed by atoms with Crippen molar-refractivity contribution in [1.82, 2.24) is 4.98 Å². The smallest absolute Gasteiger partial charge is 0.322 e. The molecule has 0 unspecified atom stereocenters. The SMILES string of the molecule is CC(C)c1cc(Oc2c(Cl)c(O)nc(NCC(=O)O)c2Cl)ccc1O. The maximum atomic E-state index is 10.7. The number of phenolic OH excluding ortho intramolecular Hbond substituents is 1. The van der Waals surface area contributed by atoms with Crippen molar-refractivity contribution < 1.29 is 24.9 Å². The molecule has 0 aliphatic carbocycles. The summed E-state index contributed by atoms with van der Waals surface area (Å²) in [5, 5.41) is 30.6. The van der Waals surface area contributed by atoms with Gasteiger partial charge < -0.3 is 25.4 Å². The van der Waals surface area contributed by atoms with Gasteiger partial charge in [-0.25, -0.2) is 0 Å². The average molecular weight is 387 g/mol. The zero-order chi connectivity index (χ0) is 18.7. The molecule has 2 rings (SSSR count). The number of hydrogen-bond donors (Lipinski definition) is 4. The fourth-order valence-electron chi connectivity index (χ4n) is 2.05. The second-order valence-electron chi connectivity index (χ2n) is 5.47. The van der Waals surface area contributed by atoms with E-state index in [0.717, 1.165) is 0 Å². The Morgan fingerprint density at radius 1 is 1.28 bits per heavy atom. The Bertz CT molecular complexity index is 812. The van der Waals surface area contributed by atoms with Gasteiger partial charge in [0.15, 0.2) is 11.6 Å².